The molecule has 0 spiro atoms. The van der Waals surface area contributed by atoms with Crippen LogP contribution in [0.5, 0.6) is 0 Å². The van der Waals surface area contributed by atoms with E-state index in [-0.39, 0.29) is 0 Å². The highest BCUT2D eigenvalue weighted by molar-refractivity contribution is 9.10. The van der Waals surface area contributed by atoms with Gasteiger partial charge in [0.2, 0.25) is 5.89 Å². The topological polar surface area (TPSA) is 63.0 Å². The summed E-state index contributed by atoms with van der Waals surface area (Å²) in [6, 6.07) is 6.37. The van der Waals surface area contributed by atoms with Gasteiger partial charge < -0.3 is 15.1 Å². The Bertz CT molecular complexity index is 512. The molecule has 2 rings (SSSR count). The predicted molar refractivity (Wildman–Crippen MR) is 69.2 cm³/mol. The minimum atomic E-state index is 0.399. The molecule has 5 nitrogen and oxygen atoms in total. The summed E-state index contributed by atoms with van der Waals surface area (Å²) in [5, 5.41) is 13.9. The van der Waals surface area contributed by atoms with Crippen LogP contribution < -0.4 is 10.6 Å². The molecule has 2 N–H and O–H groups in total. The van der Waals surface area contributed by atoms with E-state index in [0.29, 0.717) is 18.5 Å². The lowest BCUT2D eigenvalue weighted by Gasteiger charge is -2.05. The first-order chi connectivity index (χ1) is 8.19. The van der Waals surface area contributed by atoms with Crippen molar-refractivity contribution in [1.29, 1.82) is 0 Å². The third-order valence-electron chi connectivity index (χ3n) is 2.24. The van der Waals surface area contributed by atoms with E-state index in [1.54, 1.807) is 0 Å². The van der Waals surface area contributed by atoms with Crippen LogP contribution in [0, 0.1) is 6.92 Å². The van der Waals surface area contributed by atoms with Crippen LogP contribution in [-0.2, 0) is 6.54 Å². The Balaban J connectivity index is 2.16. The van der Waals surface area contributed by atoms with E-state index in [1.165, 1.54) is 0 Å². The van der Waals surface area contributed by atoms with Crippen molar-refractivity contribution in [3.05, 3.63) is 34.1 Å². The minimum absolute atomic E-state index is 0.399. The van der Waals surface area contributed by atoms with E-state index in [9.17, 15) is 0 Å². The number of rotatable bonds is 4. The number of anilines is 2. The van der Waals surface area contributed by atoms with E-state index in [1.807, 2.05) is 32.2 Å². The monoisotopic (exact) mass is 296 g/mol. The van der Waals surface area contributed by atoms with Gasteiger partial charge in [0.25, 0.3) is 0 Å². The highest BCUT2D eigenvalue weighted by Gasteiger charge is 2.07. The van der Waals surface area contributed by atoms with E-state index in [4.69, 9.17) is 4.42 Å². The molecule has 90 valence electrons. The van der Waals surface area contributed by atoms with Crippen molar-refractivity contribution in [3.63, 3.8) is 0 Å². The van der Waals surface area contributed by atoms with Crippen molar-refractivity contribution in [2.75, 3.05) is 12.4 Å². The summed E-state index contributed by atoms with van der Waals surface area (Å²) in [6.07, 6.45) is 0. The molecule has 0 aliphatic rings. The number of hydrogen-bond donors (Lipinski definition) is 2. The minimum Gasteiger partial charge on any atom is -0.406 e. The zero-order valence-corrected chi connectivity index (χ0v) is 11.2. The third-order valence-corrected chi connectivity index (χ3v) is 2.73. The Morgan fingerprint density at radius 1 is 1.35 bits per heavy atom. The number of benzene rings is 1. The van der Waals surface area contributed by atoms with Gasteiger partial charge in [0.15, 0.2) is 0 Å². The first-order valence-corrected chi connectivity index (χ1v) is 5.98. The number of nitrogens with one attached hydrogen (secondary N) is 2. The normalized spacial score (nSPS) is 10.5. The average Bonchev–Trinajstić information content (AvgIpc) is 2.72. The summed E-state index contributed by atoms with van der Waals surface area (Å²) < 4.78 is 6.41. The summed E-state index contributed by atoms with van der Waals surface area (Å²) in [6.45, 7) is 2.58. The molecule has 1 aromatic carbocycles. The van der Waals surface area contributed by atoms with Gasteiger partial charge in [0, 0.05) is 10.2 Å². The maximum Gasteiger partial charge on any atom is 0.320 e. The van der Waals surface area contributed by atoms with Gasteiger partial charge in [-0.05, 0) is 31.7 Å². The van der Waals surface area contributed by atoms with E-state index in [2.05, 4.69) is 36.8 Å². The Morgan fingerprint density at radius 2 is 2.18 bits per heavy atom. The molecule has 0 aliphatic heterocycles. The van der Waals surface area contributed by atoms with Crippen LogP contribution in [0.25, 0.3) is 0 Å². The zero-order chi connectivity index (χ0) is 12.3. The second-order valence-corrected chi connectivity index (χ2v) is 4.53. The molecule has 1 aromatic heterocycles. The lowest BCUT2D eigenvalue weighted by atomic mass is 10.2. The number of aromatic nitrogens is 2. The van der Waals surface area contributed by atoms with Gasteiger partial charge in [0.05, 0.1) is 6.54 Å². The predicted octanol–water partition coefficient (Wildman–Crippen LogP) is 2.60. The van der Waals surface area contributed by atoms with Gasteiger partial charge in [0.1, 0.15) is 0 Å². The molecule has 0 atom stereocenters. The van der Waals surface area contributed by atoms with Crippen molar-refractivity contribution >= 4 is 27.6 Å². The first kappa shape index (κ1) is 12.1. The molecule has 0 unspecified atom stereocenters. The quantitative estimate of drug-likeness (QED) is 0.908. The molecule has 0 aliphatic carbocycles. The van der Waals surface area contributed by atoms with Crippen molar-refractivity contribution in [2.24, 2.45) is 0 Å². The van der Waals surface area contributed by atoms with Crippen molar-refractivity contribution in [1.82, 2.24) is 15.5 Å². The number of hydrogen-bond acceptors (Lipinski definition) is 5. The van der Waals surface area contributed by atoms with Gasteiger partial charge in [-0.2, -0.15) is 0 Å². The van der Waals surface area contributed by atoms with Crippen LogP contribution in [0.4, 0.5) is 11.7 Å². The third kappa shape index (κ3) is 3.04. The molecular weight excluding hydrogens is 284 g/mol. The maximum atomic E-state index is 5.41. The molecule has 0 saturated carbocycles. The van der Waals surface area contributed by atoms with Gasteiger partial charge in [-0.15, -0.1) is 5.10 Å². The lowest BCUT2D eigenvalue weighted by molar-refractivity contribution is 0.493. The highest BCUT2D eigenvalue weighted by atomic mass is 79.9. The molecule has 0 bridgehead atoms. The lowest BCUT2D eigenvalue weighted by Crippen LogP contribution is -2.04. The fourth-order valence-electron chi connectivity index (χ4n) is 1.37. The van der Waals surface area contributed by atoms with Gasteiger partial charge in [-0.3, -0.25) is 0 Å². The number of nitrogens with zero attached hydrogens (tertiary/aromatic N) is 2. The summed E-state index contributed by atoms with van der Waals surface area (Å²) in [4.78, 5) is 0. The summed E-state index contributed by atoms with van der Waals surface area (Å²) in [5.74, 6) is 0.558. The van der Waals surface area contributed by atoms with Crippen molar-refractivity contribution < 1.29 is 4.42 Å². The van der Waals surface area contributed by atoms with E-state index in [0.717, 1.165) is 15.7 Å². The van der Waals surface area contributed by atoms with Gasteiger partial charge >= 0.3 is 6.01 Å². The van der Waals surface area contributed by atoms with Crippen molar-refractivity contribution in [3.8, 4) is 0 Å². The SMILES string of the molecule is CNCc1nnc(Nc2cc(Br)ccc2C)o1. The summed E-state index contributed by atoms with van der Waals surface area (Å²) >= 11 is 3.42. The summed E-state index contributed by atoms with van der Waals surface area (Å²) in [7, 11) is 1.83. The standard InChI is InChI=1S/C11H13BrN4O/c1-7-3-4-8(12)5-9(7)14-11-16-15-10(17-11)6-13-2/h3-5,13H,6H2,1-2H3,(H,14,16). The van der Waals surface area contributed by atoms with Gasteiger partial charge in [-0.25, -0.2) is 0 Å². The highest BCUT2D eigenvalue weighted by Crippen LogP contribution is 2.23. The molecule has 0 radical (unpaired) electrons. The summed E-state index contributed by atoms with van der Waals surface area (Å²) in [5.41, 5.74) is 2.06. The Hall–Kier alpha value is -1.40. The molecule has 2 aromatic rings. The Kier molecular flexibility index (Phi) is 3.75. The fourth-order valence-corrected chi connectivity index (χ4v) is 1.73. The smallest absolute Gasteiger partial charge is 0.320 e. The Morgan fingerprint density at radius 3 is 2.94 bits per heavy atom. The number of halogens is 1. The molecule has 0 amide bonds. The molecule has 0 fully saturated rings. The van der Waals surface area contributed by atoms with Crippen LogP contribution in [0.1, 0.15) is 11.5 Å². The first-order valence-electron chi connectivity index (χ1n) is 5.19. The van der Waals surface area contributed by atoms with E-state index >= 15 is 0 Å². The van der Waals surface area contributed by atoms with Crippen LogP contribution in [0.3, 0.4) is 0 Å². The molecule has 0 saturated heterocycles. The van der Waals surface area contributed by atoms with Crippen LogP contribution >= 0.6 is 15.9 Å². The largest absolute Gasteiger partial charge is 0.406 e. The van der Waals surface area contributed by atoms with Crippen LogP contribution in [0.15, 0.2) is 27.1 Å². The van der Waals surface area contributed by atoms with Gasteiger partial charge in [-0.1, -0.05) is 27.1 Å². The van der Waals surface area contributed by atoms with Crippen LogP contribution in [-0.4, -0.2) is 17.2 Å². The Labute approximate surface area is 108 Å². The second-order valence-electron chi connectivity index (χ2n) is 3.62. The van der Waals surface area contributed by atoms with Crippen molar-refractivity contribution in [2.45, 2.75) is 13.5 Å². The fraction of sp³-hybridized carbons (Fsp3) is 0.273. The average molecular weight is 297 g/mol. The number of aryl methyl sites for hydroxylation is 1. The molecule has 6 heteroatoms. The van der Waals surface area contributed by atoms with Crippen LogP contribution in [0.2, 0.25) is 0 Å². The molecule has 1 heterocycles. The molecular formula is C11H13BrN4O. The maximum absolute atomic E-state index is 5.41. The molecule has 17 heavy (non-hydrogen) atoms. The van der Waals surface area contributed by atoms with E-state index < -0.39 is 0 Å². The second kappa shape index (κ2) is 5.29. The zero-order valence-electron chi connectivity index (χ0n) is 9.62.